The number of hydrogen-bond donors (Lipinski definition) is 0. The fraction of sp³-hybridized carbons (Fsp3) is 0.548. The first-order valence-electron chi connectivity index (χ1n) is 13.1. The average molecular weight is 433 g/mol. The molecule has 0 aromatic heterocycles. The second-order valence-corrected chi connectivity index (χ2v) is 10.4. The maximum absolute atomic E-state index is 12.4. The van der Waals surface area contributed by atoms with E-state index in [1.807, 2.05) is 0 Å². The van der Waals surface area contributed by atoms with Crippen LogP contribution in [0.25, 0.3) is 0 Å². The Morgan fingerprint density at radius 2 is 1.16 bits per heavy atom. The molecule has 4 rings (SSSR count). The third kappa shape index (κ3) is 6.33. The number of rotatable bonds is 9. The van der Waals surface area contributed by atoms with Crippen LogP contribution >= 0.6 is 0 Å². The van der Waals surface area contributed by atoms with Gasteiger partial charge in [0.15, 0.2) is 0 Å². The van der Waals surface area contributed by atoms with Crippen LogP contribution in [0.3, 0.4) is 0 Å². The van der Waals surface area contributed by atoms with E-state index in [1.165, 1.54) is 73.6 Å². The molecule has 0 nitrogen and oxygen atoms in total. The van der Waals surface area contributed by atoms with Gasteiger partial charge in [-0.05, 0) is 123 Å². The molecular formula is C31H41F. The van der Waals surface area contributed by atoms with E-state index in [9.17, 15) is 4.39 Å². The molecule has 2 fully saturated rings. The Balaban J connectivity index is 1.23. The van der Waals surface area contributed by atoms with Crippen molar-refractivity contribution in [2.75, 3.05) is 6.67 Å². The van der Waals surface area contributed by atoms with Crippen molar-refractivity contribution in [3.63, 3.8) is 0 Å². The van der Waals surface area contributed by atoms with E-state index in [0.29, 0.717) is 5.92 Å². The second kappa shape index (κ2) is 11.8. The summed E-state index contributed by atoms with van der Waals surface area (Å²) in [5.41, 5.74) is 5.93. The van der Waals surface area contributed by atoms with E-state index in [1.54, 1.807) is 0 Å². The van der Waals surface area contributed by atoms with Crippen LogP contribution in [0.5, 0.6) is 0 Å². The molecule has 2 aliphatic carbocycles. The molecule has 0 aliphatic heterocycles. The fourth-order valence-corrected chi connectivity index (χ4v) is 6.04. The summed E-state index contributed by atoms with van der Waals surface area (Å²) in [6.07, 6.45) is 16.5. The van der Waals surface area contributed by atoms with E-state index < -0.39 is 0 Å². The Bertz CT molecular complexity index is 803. The summed E-state index contributed by atoms with van der Waals surface area (Å²) < 4.78 is 12.4. The highest BCUT2D eigenvalue weighted by molar-refractivity contribution is 5.29. The molecule has 0 bridgehead atoms. The quantitative estimate of drug-likeness (QED) is 0.347. The van der Waals surface area contributed by atoms with E-state index in [4.69, 9.17) is 0 Å². The molecule has 0 amide bonds. The van der Waals surface area contributed by atoms with Crippen molar-refractivity contribution in [1.29, 1.82) is 0 Å². The van der Waals surface area contributed by atoms with Crippen molar-refractivity contribution < 1.29 is 4.39 Å². The van der Waals surface area contributed by atoms with Crippen molar-refractivity contribution in [3.8, 4) is 0 Å². The summed E-state index contributed by atoms with van der Waals surface area (Å²) in [4.78, 5) is 0. The number of alkyl halides is 1. The third-order valence-corrected chi connectivity index (χ3v) is 8.30. The number of halogens is 1. The standard InChI is InChI=1S/C31H41F/c1-2-24-7-15-28(16-8-24)30-19-11-26(12-20-30)5-6-27-13-21-31(22-14-27)29-17-9-25(10-18-29)4-3-23-32/h2,11-14,19-22,24-25,28-29H,1,3-10,15-18,23H2. The highest BCUT2D eigenvalue weighted by Crippen LogP contribution is 2.38. The van der Waals surface area contributed by atoms with Gasteiger partial charge in [0.1, 0.15) is 0 Å². The van der Waals surface area contributed by atoms with Crippen molar-refractivity contribution in [2.24, 2.45) is 11.8 Å². The van der Waals surface area contributed by atoms with Gasteiger partial charge in [-0.25, -0.2) is 0 Å². The Morgan fingerprint density at radius 1 is 0.688 bits per heavy atom. The van der Waals surface area contributed by atoms with Crippen molar-refractivity contribution >= 4 is 0 Å². The van der Waals surface area contributed by atoms with Crippen LogP contribution in [0.2, 0.25) is 0 Å². The molecule has 2 saturated carbocycles. The summed E-state index contributed by atoms with van der Waals surface area (Å²) in [6.45, 7) is 3.82. The summed E-state index contributed by atoms with van der Waals surface area (Å²) in [5, 5.41) is 0. The van der Waals surface area contributed by atoms with Gasteiger partial charge in [0.2, 0.25) is 0 Å². The number of allylic oxidation sites excluding steroid dienone is 1. The predicted molar refractivity (Wildman–Crippen MR) is 135 cm³/mol. The molecule has 2 aromatic carbocycles. The molecule has 172 valence electrons. The van der Waals surface area contributed by atoms with E-state index >= 15 is 0 Å². The third-order valence-electron chi connectivity index (χ3n) is 8.30. The number of benzene rings is 2. The van der Waals surface area contributed by atoms with Gasteiger partial charge >= 0.3 is 0 Å². The van der Waals surface area contributed by atoms with Crippen LogP contribution in [0, 0.1) is 11.8 Å². The topological polar surface area (TPSA) is 0 Å². The molecule has 1 heteroatoms. The minimum absolute atomic E-state index is 0.150. The Labute approximate surface area is 195 Å². The molecule has 0 N–H and O–H groups in total. The highest BCUT2D eigenvalue weighted by atomic mass is 19.1. The molecule has 0 atom stereocenters. The van der Waals surface area contributed by atoms with Crippen LogP contribution < -0.4 is 0 Å². The largest absolute Gasteiger partial charge is 0.251 e. The molecule has 2 aliphatic rings. The lowest BCUT2D eigenvalue weighted by molar-refractivity contribution is 0.293. The van der Waals surface area contributed by atoms with Crippen LogP contribution in [-0.2, 0) is 12.8 Å². The van der Waals surface area contributed by atoms with E-state index in [2.05, 4.69) is 61.2 Å². The monoisotopic (exact) mass is 432 g/mol. The zero-order chi connectivity index (χ0) is 22.2. The van der Waals surface area contributed by atoms with Gasteiger partial charge in [-0.1, -0.05) is 54.6 Å². The highest BCUT2D eigenvalue weighted by Gasteiger charge is 2.22. The van der Waals surface area contributed by atoms with Crippen LogP contribution in [0.4, 0.5) is 4.39 Å². The zero-order valence-electron chi connectivity index (χ0n) is 19.8. The first-order chi connectivity index (χ1) is 15.7. The van der Waals surface area contributed by atoms with Crippen LogP contribution in [0.15, 0.2) is 61.2 Å². The van der Waals surface area contributed by atoms with E-state index in [0.717, 1.165) is 43.4 Å². The average Bonchev–Trinajstić information content (AvgIpc) is 2.87. The molecule has 0 heterocycles. The maximum atomic E-state index is 12.4. The lowest BCUT2D eigenvalue weighted by atomic mass is 9.77. The molecule has 2 aromatic rings. The fourth-order valence-electron chi connectivity index (χ4n) is 6.04. The maximum Gasteiger partial charge on any atom is 0.0894 e. The normalized spacial score (nSPS) is 26.0. The molecule has 0 saturated heterocycles. The summed E-state index contributed by atoms with van der Waals surface area (Å²) in [7, 11) is 0. The predicted octanol–water partition coefficient (Wildman–Crippen LogP) is 8.96. The minimum atomic E-state index is -0.150. The lowest BCUT2D eigenvalue weighted by Gasteiger charge is -2.28. The lowest BCUT2D eigenvalue weighted by Crippen LogP contribution is -2.13. The summed E-state index contributed by atoms with van der Waals surface area (Å²) in [5.74, 6) is 2.94. The van der Waals surface area contributed by atoms with Gasteiger partial charge in [0.25, 0.3) is 0 Å². The molecule has 32 heavy (non-hydrogen) atoms. The van der Waals surface area contributed by atoms with Crippen molar-refractivity contribution in [1.82, 2.24) is 0 Å². The van der Waals surface area contributed by atoms with Gasteiger partial charge in [-0.2, -0.15) is 0 Å². The van der Waals surface area contributed by atoms with Gasteiger partial charge in [-0.15, -0.1) is 6.58 Å². The van der Waals surface area contributed by atoms with Crippen molar-refractivity contribution in [2.45, 2.75) is 88.9 Å². The summed E-state index contributed by atoms with van der Waals surface area (Å²) >= 11 is 0. The second-order valence-electron chi connectivity index (χ2n) is 10.4. The smallest absolute Gasteiger partial charge is 0.0894 e. The van der Waals surface area contributed by atoms with Gasteiger partial charge in [0, 0.05) is 0 Å². The number of aryl methyl sites for hydroxylation is 2. The van der Waals surface area contributed by atoms with Gasteiger partial charge in [0.05, 0.1) is 6.67 Å². The minimum Gasteiger partial charge on any atom is -0.251 e. The molecular weight excluding hydrogens is 391 g/mol. The van der Waals surface area contributed by atoms with Crippen LogP contribution in [0.1, 0.15) is 98.3 Å². The molecule has 0 spiro atoms. The Hall–Kier alpha value is -1.89. The van der Waals surface area contributed by atoms with Gasteiger partial charge < -0.3 is 0 Å². The van der Waals surface area contributed by atoms with Crippen LogP contribution in [-0.4, -0.2) is 6.67 Å². The van der Waals surface area contributed by atoms with Gasteiger partial charge in [-0.3, -0.25) is 4.39 Å². The Kier molecular flexibility index (Phi) is 8.60. The zero-order valence-corrected chi connectivity index (χ0v) is 19.8. The Morgan fingerprint density at radius 3 is 1.59 bits per heavy atom. The van der Waals surface area contributed by atoms with Crippen molar-refractivity contribution in [3.05, 3.63) is 83.4 Å². The molecule has 0 radical (unpaired) electrons. The SMILES string of the molecule is C=CC1CCC(c2ccc(CCc3ccc(C4CCC(CCCF)CC4)cc3)cc2)CC1. The number of hydrogen-bond acceptors (Lipinski definition) is 0. The molecule has 0 unspecified atom stereocenters. The van der Waals surface area contributed by atoms with E-state index in [-0.39, 0.29) is 6.67 Å². The first-order valence-corrected chi connectivity index (χ1v) is 13.1. The first kappa shape index (κ1) is 23.3. The summed E-state index contributed by atoms with van der Waals surface area (Å²) in [6, 6.07) is 18.9.